The molecule has 7 nitrogen and oxygen atoms in total. The molecule has 0 spiro atoms. The summed E-state index contributed by atoms with van der Waals surface area (Å²) in [6, 6.07) is 8.15. The Balaban J connectivity index is 2.42. The standard InChI is InChI=1S/C20H20ClF3N2O5S/c1-11(2)25-17(27)13-6-4-5-7-16(13)32(30,31)12-8-9-15(14(21)10-12)26-18(28)19(3,29)20(22,23)24/h4-11,29H,1-3H3,(H,25,27)(H,26,28)/t19-/m1/s1. The van der Waals surface area contributed by atoms with Gasteiger partial charge in [0.1, 0.15) is 0 Å². The molecule has 2 aromatic rings. The van der Waals surface area contributed by atoms with Gasteiger partial charge in [-0.05, 0) is 51.1 Å². The molecule has 0 saturated heterocycles. The normalized spacial score (nSPS) is 14.0. The van der Waals surface area contributed by atoms with E-state index in [1.807, 2.05) is 5.32 Å². The third-order valence-corrected chi connectivity index (χ3v) is 6.46. The van der Waals surface area contributed by atoms with Gasteiger partial charge in [0.15, 0.2) is 0 Å². The van der Waals surface area contributed by atoms with E-state index < -0.39 is 33.4 Å². The van der Waals surface area contributed by atoms with E-state index in [4.69, 9.17) is 11.6 Å². The van der Waals surface area contributed by atoms with Crippen LogP contribution < -0.4 is 10.6 Å². The van der Waals surface area contributed by atoms with E-state index in [1.165, 1.54) is 24.3 Å². The van der Waals surface area contributed by atoms with Gasteiger partial charge in [-0.3, -0.25) is 9.59 Å². The topological polar surface area (TPSA) is 113 Å². The van der Waals surface area contributed by atoms with Crippen LogP contribution in [-0.2, 0) is 14.6 Å². The summed E-state index contributed by atoms with van der Waals surface area (Å²) in [5, 5.41) is 13.5. The average molecular weight is 493 g/mol. The molecule has 0 saturated carbocycles. The van der Waals surface area contributed by atoms with Crippen LogP contribution in [-0.4, -0.2) is 43.2 Å². The number of rotatable bonds is 6. The molecule has 1 atom stereocenters. The predicted molar refractivity (Wildman–Crippen MR) is 111 cm³/mol. The zero-order chi connectivity index (χ0) is 24.5. The third kappa shape index (κ3) is 5.22. The molecule has 2 aromatic carbocycles. The van der Waals surface area contributed by atoms with Crippen LogP contribution in [0.15, 0.2) is 52.3 Å². The number of nitrogens with one attached hydrogen (secondary N) is 2. The van der Waals surface area contributed by atoms with Crippen molar-refractivity contribution in [2.24, 2.45) is 0 Å². The van der Waals surface area contributed by atoms with Crippen LogP contribution in [0, 0.1) is 0 Å². The highest BCUT2D eigenvalue weighted by atomic mass is 35.5. The van der Waals surface area contributed by atoms with Crippen LogP contribution in [0.1, 0.15) is 31.1 Å². The number of amides is 2. The second kappa shape index (κ2) is 9.08. The van der Waals surface area contributed by atoms with Crippen molar-refractivity contribution in [3.05, 3.63) is 53.1 Å². The van der Waals surface area contributed by atoms with Crippen LogP contribution in [0.3, 0.4) is 0 Å². The monoisotopic (exact) mass is 492 g/mol. The van der Waals surface area contributed by atoms with E-state index in [2.05, 4.69) is 5.32 Å². The van der Waals surface area contributed by atoms with E-state index in [-0.39, 0.29) is 39.0 Å². The van der Waals surface area contributed by atoms with Crippen molar-refractivity contribution in [1.29, 1.82) is 0 Å². The first-order valence-corrected chi connectivity index (χ1v) is 11.0. The van der Waals surface area contributed by atoms with Crippen molar-refractivity contribution >= 4 is 38.9 Å². The highest BCUT2D eigenvalue weighted by molar-refractivity contribution is 7.91. The Morgan fingerprint density at radius 1 is 1.09 bits per heavy atom. The summed E-state index contributed by atoms with van der Waals surface area (Å²) in [5.41, 5.74) is -4.13. The molecule has 12 heteroatoms. The minimum atomic E-state index is -5.24. The second-order valence-electron chi connectivity index (χ2n) is 7.29. The molecule has 2 rings (SSSR count). The number of carbonyl (C=O) groups is 2. The Bertz CT molecular complexity index is 1150. The van der Waals surface area contributed by atoms with Gasteiger partial charge in [0.25, 0.3) is 11.8 Å². The van der Waals surface area contributed by atoms with Crippen molar-refractivity contribution in [2.75, 3.05) is 5.32 Å². The summed E-state index contributed by atoms with van der Waals surface area (Å²) in [6.07, 6.45) is -5.24. The van der Waals surface area contributed by atoms with Crippen LogP contribution in [0.5, 0.6) is 0 Å². The van der Waals surface area contributed by atoms with Crippen molar-refractivity contribution < 1.29 is 36.3 Å². The quantitative estimate of drug-likeness (QED) is 0.570. The molecule has 3 N–H and O–H groups in total. The van der Waals surface area contributed by atoms with Crippen molar-refractivity contribution in [1.82, 2.24) is 5.32 Å². The average Bonchev–Trinajstić information content (AvgIpc) is 2.67. The van der Waals surface area contributed by atoms with E-state index in [0.717, 1.165) is 18.2 Å². The summed E-state index contributed by atoms with van der Waals surface area (Å²) in [6.45, 7) is 3.68. The predicted octanol–water partition coefficient (Wildman–Crippen LogP) is 3.56. The van der Waals surface area contributed by atoms with Gasteiger partial charge in [-0.2, -0.15) is 13.2 Å². The molecular formula is C20H20ClF3N2O5S. The Kier molecular flexibility index (Phi) is 7.28. The van der Waals surface area contributed by atoms with Crippen LogP contribution in [0.2, 0.25) is 5.02 Å². The van der Waals surface area contributed by atoms with Gasteiger partial charge in [-0.1, -0.05) is 23.7 Å². The molecule has 174 valence electrons. The van der Waals surface area contributed by atoms with E-state index in [1.54, 1.807) is 13.8 Å². The first kappa shape index (κ1) is 25.6. The molecular weight excluding hydrogens is 473 g/mol. The SMILES string of the molecule is CC(C)NC(=O)c1ccccc1S(=O)(=O)c1ccc(NC(=O)[C@@](C)(O)C(F)(F)F)c(Cl)c1. The maximum atomic E-state index is 13.1. The number of hydrogen-bond acceptors (Lipinski definition) is 5. The van der Waals surface area contributed by atoms with Gasteiger partial charge in [-0.15, -0.1) is 0 Å². The van der Waals surface area contributed by atoms with Gasteiger partial charge in [0.2, 0.25) is 15.4 Å². The lowest BCUT2D eigenvalue weighted by molar-refractivity contribution is -0.242. The van der Waals surface area contributed by atoms with E-state index in [0.29, 0.717) is 0 Å². The molecule has 0 aromatic heterocycles. The largest absolute Gasteiger partial charge is 0.426 e. The summed E-state index contributed by atoms with van der Waals surface area (Å²) in [4.78, 5) is 23.6. The first-order chi connectivity index (χ1) is 14.6. The minimum absolute atomic E-state index is 0.101. The smallest absolute Gasteiger partial charge is 0.373 e. The zero-order valence-electron chi connectivity index (χ0n) is 17.1. The lowest BCUT2D eigenvalue weighted by atomic mass is 10.1. The Morgan fingerprint density at radius 3 is 2.22 bits per heavy atom. The molecule has 2 amide bonds. The summed E-state index contributed by atoms with van der Waals surface area (Å²) in [5.74, 6) is -2.40. The van der Waals surface area contributed by atoms with E-state index in [9.17, 15) is 36.3 Å². The fraction of sp³-hybridized carbons (Fsp3) is 0.300. The second-order valence-corrected chi connectivity index (χ2v) is 9.62. The maximum absolute atomic E-state index is 13.1. The minimum Gasteiger partial charge on any atom is -0.373 e. The summed E-state index contributed by atoms with van der Waals surface area (Å²) >= 11 is 5.98. The van der Waals surface area contributed by atoms with Crippen LogP contribution >= 0.6 is 11.6 Å². The molecule has 0 fully saturated rings. The summed E-state index contributed by atoms with van der Waals surface area (Å²) in [7, 11) is -4.26. The van der Waals surface area contributed by atoms with Gasteiger partial charge >= 0.3 is 6.18 Å². The summed E-state index contributed by atoms with van der Waals surface area (Å²) < 4.78 is 64.7. The fourth-order valence-electron chi connectivity index (χ4n) is 2.49. The Labute approximate surface area is 187 Å². The van der Waals surface area contributed by atoms with Gasteiger partial charge in [0, 0.05) is 6.04 Å². The molecule has 0 heterocycles. The molecule has 0 bridgehead atoms. The fourth-order valence-corrected chi connectivity index (χ4v) is 4.27. The van der Waals surface area contributed by atoms with Crippen molar-refractivity contribution in [3.8, 4) is 0 Å². The number of halogens is 4. The molecule has 32 heavy (non-hydrogen) atoms. The van der Waals surface area contributed by atoms with Crippen LogP contribution in [0.4, 0.5) is 18.9 Å². The number of hydrogen-bond donors (Lipinski definition) is 3. The molecule has 0 aliphatic carbocycles. The Hall–Kier alpha value is -2.63. The number of benzene rings is 2. The lowest BCUT2D eigenvalue weighted by Gasteiger charge is -2.25. The highest BCUT2D eigenvalue weighted by Crippen LogP contribution is 2.34. The third-order valence-electron chi connectivity index (χ3n) is 4.33. The van der Waals surface area contributed by atoms with Crippen molar-refractivity contribution in [3.63, 3.8) is 0 Å². The number of anilines is 1. The molecule has 0 unspecified atom stereocenters. The van der Waals surface area contributed by atoms with Crippen molar-refractivity contribution in [2.45, 2.75) is 48.4 Å². The first-order valence-electron chi connectivity index (χ1n) is 9.14. The van der Waals surface area contributed by atoms with Gasteiger partial charge in [-0.25, -0.2) is 8.42 Å². The van der Waals surface area contributed by atoms with Gasteiger partial charge < -0.3 is 15.7 Å². The number of aliphatic hydroxyl groups is 1. The zero-order valence-corrected chi connectivity index (χ0v) is 18.7. The molecule has 0 aliphatic heterocycles. The Morgan fingerprint density at radius 2 is 1.69 bits per heavy atom. The number of sulfone groups is 1. The molecule has 0 radical (unpaired) electrons. The number of carbonyl (C=O) groups excluding carboxylic acids is 2. The lowest BCUT2D eigenvalue weighted by Crippen LogP contribution is -2.52. The molecule has 0 aliphatic rings. The van der Waals surface area contributed by atoms with Crippen LogP contribution in [0.25, 0.3) is 0 Å². The maximum Gasteiger partial charge on any atom is 0.426 e. The van der Waals surface area contributed by atoms with E-state index >= 15 is 0 Å². The highest BCUT2D eigenvalue weighted by Gasteiger charge is 2.55. The van der Waals surface area contributed by atoms with Gasteiger partial charge in [0.05, 0.1) is 26.1 Å². The number of alkyl halides is 3.